The van der Waals surface area contributed by atoms with Crippen molar-refractivity contribution in [2.24, 2.45) is 4.40 Å². The van der Waals surface area contributed by atoms with Gasteiger partial charge in [-0.2, -0.15) is 0 Å². The number of rotatable bonds is 0. The summed E-state index contributed by atoms with van der Waals surface area (Å²) in [6, 6.07) is 0. The van der Waals surface area contributed by atoms with Crippen molar-refractivity contribution in [3.8, 4) is 0 Å². The maximum atomic E-state index is 10.3. The number of nitrogens with zero attached hydrogens (tertiary/aromatic N) is 1. The van der Waals surface area contributed by atoms with Crippen LogP contribution in [-0.4, -0.2) is 16.6 Å². The van der Waals surface area contributed by atoms with E-state index >= 15 is 0 Å². The molecule has 1 atom stereocenters. The molecule has 1 unspecified atom stereocenters. The molecule has 0 saturated carbocycles. The lowest BCUT2D eigenvalue weighted by Crippen LogP contribution is -1.94. The minimum atomic E-state index is -2.34. The van der Waals surface area contributed by atoms with Crippen LogP contribution >= 0.6 is 20.1 Å². The molecule has 0 aliphatic carbocycles. The zero-order valence-electron chi connectivity index (χ0n) is 4.32. The van der Waals surface area contributed by atoms with E-state index < -0.39 is 14.7 Å². The number of carboxylic acid groups (broad SMARTS) is 1. The summed E-state index contributed by atoms with van der Waals surface area (Å²) in [6.45, 7) is 0. The summed E-state index contributed by atoms with van der Waals surface area (Å²) in [5.74, 6) is 0. The van der Waals surface area contributed by atoms with E-state index in [1.807, 2.05) is 0 Å². The van der Waals surface area contributed by atoms with Crippen molar-refractivity contribution in [3.63, 3.8) is 0 Å². The molecule has 5 heteroatoms. The third-order valence-corrected chi connectivity index (χ3v) is 3.18. The largest absolute Gasteiger partial charge is 0.472 e. The lowest BCUT2D eigenvalue weighted by Gasteiger charge is -2.12. The highest BCUT2D eigenvalue weighted by molar-refractivity contribution is 8.61. The molecule has 0 radical (unpaired) electrons. The molecular formula is C4H4ClNO2S. The van der Waals surface area contributed by atoms with E-state index in [1.165, 1.54) is 17.7 Å². The van der Waals surface area contributed by atoms with Crippen LogP contribution in [0.25, 0.3) is 0 Å². The molecule has 0 amide bonds. The maximum Gasteiger partial charge on any atom is 0.383 e. The van der Waals surface area contributed by atoms with Gasteiger partial charge in [0.25, 0.3) is 0 Å². The number of hydrogen-bond donors (Lipinski definition) is 1. The van der Waals surface area contributed by atoms with Crippen molar-refractivity contribution in [1.29, 1.82) is 0 Å². The minimum Gasteiger partial charge on any atom is -0.472 e. The summed E-state index contributed by atoms with van der Waals surface area (Å²) in [6.07, 6.45) is 2.94. The summed E-state index contributed by atoms with van der Waals surface area (Å²) in [5.41, 5.74) is 0. The van der Waals surface area contributed by atoms with Gasteiger partial charge >= 0.3 is 5.30 Å². The van der Waals surface area contributed by atoms with E-state index in [-0.39, 0.29) is 0 Å². The Morgan fingerprint density at radius 3 is 2.67 bits per heavy atom. The van der Waals surface area contributed by atoms with Gasteiger partial charge in [0.1, 0.15) is 0 Å². The molecule has 0 aromatic heterocycles. The first-order chi connectivity index (χ1) is 4.15. The molecule has 50 valence electrons. The van der Waals surface area contributed by atoms with Gasteiger partial charge in [-0.1, -0.05) is 0 Å². The van der Waals surface area contributed by atoms with Crippen molar-refractivity contribution in [2.75, 3.05) is 0 Å². The SMILES string of the molecule is O=C(O)S1(Cl)C=CC=N1. The number of carbonyl (C=O) groups is 1. The molecule has 1 N–H and O–H groups in total. The highest BCUT2D eigenvalue weighted by Gasteiger charge is 2.27. The average molecular weight is 166 g/mol. The first-order valence-corrected chi connectivity index (χ1v) is 4.61. The predicted molar refractivity (Wildman–Crippen MR) is 39.1 cm³/mol. The average Bonchev–Trinajstić information content (AvgIpc) is 2.16. The zero-order chi connectivity index (χ0) is 6.91. The smallest absolute Gasteiger partial charge is 0.383 e. The molecular weight excluding hydrogens is 162 g/mol. The molecule has 0 aromatic carbocycles. The van der Waals surface area contributed by atoms with E-state index in [1.54, 1.807) is 0 Å². The van der Waals surface area contributed by atoms with Crippen LogP contribution < -0.4 is 0 Å². The fourth-order valence-corrected chi connectivity index (χ4v) is 1.52. The lowest BCUT2D eigenvalue weighted by atomic mass is 10.7. The Hall–Kier alpha value is -0.480. The maximum absolute atomic E-state index is 10.3. The Kier molecular flexibility index (Phi) is 1.50. The summed E-state index contributed by atoms with van der Waals surface area (Å²) < 4.78 is 3.58. The zero-order valence-corrected chi connectivity index (χ0v) is 5.89. The van der Waals surface area contributed by atoms with Gasteiger partial charge in [0.15, 0.2) is 0 Å². The van der Waals surface area contributed by atoms with Gasteiger partial charge in [-0.25, -0.2) is 9.19 Å². The number of allylic oxidation sites excluding steroid dienone is 1. The van der Waals surface area contributed by atoms with Gasteiger partial charge in [0, 0.05) is 6.21 Å². The van der Waals surface area contributed by atoms with Crippen LogP contribution in [0.15, 0.2) is 15.9 Å². The van der Waals surface area contributed by atoms with Crippen LogP contribution in [0, 0.1) is 0 Å². The first kappa shape index (κ1) is 6.64. The monoisotopic (exact) mass is 165 g/mol. The summed E-state index contributed by atoms with van der Waals surface area (Å²) in [5, 5.41) is 8.75. The van der Waals surface area contributed by atoms with Crippen molar-refractivity contribution >= 4 is 31.6 Å². The normalized spacial score (nSPS) is 38.3. The highest BCUT2D eigenvalue weighted by atomic mass is 35.7. The molecule has 3 nitrogen and oxygen atoms in total. The van der Waals surface area contributed by atoms with Gasteiger partial charge in [-0.3, -0.25) is 0 Å². The van der Waals surface area contributed by atoms with Gasteiger partial charge in [0.2, 0.25) is 0 Å². The van der Waals surface area contributed by atoms with Gasteiger partial charge in [-0.15, -0.1) is 0 Å². The fraction of sp³-hybridized carbons (Fsp3) is 0. The highest BCUT2D eigenvalue weighted by Crippen LogP contribution is 2.58. The van der Waals surface area contributed by atoms with Crippen LogP contribution in [-0.2, 0) is 0 Å². The van der Waals surface area contributed by atoms with E-state index in [2.05, 4.69) is 4.40 Å². The second-order valence-corrected chi connectivity index (χ2v) is 4.74. The lowest BCUT2D eigenvalue weighted by molar-refractivity contribution is 0.221. The molecule has 9 heavy (non-hydrogen) atoms. The van der Waals surface area contributed by atoms with Gasteiger partial charge in [0.05, 0.1) is 9.43 Å². The number of halogens is 1. The predicted octanol–water partition coefficient (Wildman–Crippen LogP) is 2.14. The summed E-state index contributed by atoms with van der Waals surface area (Å²) in [7, 11) is 3.16. The molecule has 0 bridgehead atoms. The van der Waals surface area contributed by atoms with Crippen LogP contribution in [0.4, 0.5) is 4.79 Å². The Morgan fingerprint density at radius 1 is 1.78 bits per heavy atom. The standard InChI is InChI=1S/C4H4ClNO2S/c5-9(4(7)8)3-1-2-6-9/h1-3H,(H,7,8). The minimum absolute atomic E-state index is 1.06. The Labute approximate surface area is 58.0 Å². The van der Waals surface area contributed by atoms with E-state index in [0.717, 1.165) is 0 Å². The van der Waals surface area contributed by atoms with Crippen molar-refractivity contribution in [1.82, 2.24) is 0 Å². The third-order valence-electron chi connectivity index (χ3n) is 0.804. The second-order valence-electron chi connectivity index (χ2n) is 1.40. The second kappa shape index (κ2) is 2.04. The fourth-order valence-electron chi connectivity index (χ4n) is 0.401. The van der Waals surface area contributed by atoms with Gasteiger partial charge in [-0.05, 0) is 22.2 Å². The molecule has 0 aromatic rings. The molecule has 1 aliphatic heterocycles. The Balaban J connectivity index is 2.88. The Bertz CT molecular complexity index is 189. The molecule has 1 heterocycles. The topological polar surface area (TPSA) is 49.7 Å². The molecule has 0 fully saturated rings. The summed E-state index contributed by atoms with van der Waals surface area (Å²) >= 11 is 0. The Morgan fingerprint density at radius 2 is 2.44 bits per heavy atom. The van der Waals surface area contributed by atoms with E-state index in [0.29, 0.717) is 0 Å². The third kappa shape index (κ3) is 1.09. The summed E-state index contributed by atoms with van der Waals surface area (Å²) in [4.78, 5) is 10.3. The van der Waals surface area contributed by atoms with Crippen LogP contribution in [0.1, 0.15) is 0 Å². The molecule has 1 rings (SSSR count). The van der Waals surface area contributed by atoms with Crippen molar-refractivity contribution in [3.05, 3.63) is 11.5 Å². The van der Waals surface area contributed by atoms with E-state index in [4.69, 9.17) is 15.8 Å². The van der Waals surface area contributed by atoms with Gasteiger partial charge < -0.3 is 5.11 Å². The molecule has 0 spiro atoms. The van der Waals surface area contributed by atoms with Crippen LogP contribution in [0.5, 0.6) is 0 Å². The van der Waals surface area contributed by atoms with Crippen molar-refractivity contribution < 1.29 is 9.90 Å². The molecule has 0 saturated heterocycles. The first-order valence-electron chi connectivity index (χ1n) is 2.13. The van der Waals surface area contributed by atoms with Crippen molar-refractivity contribution in [2.45, 2.75) is 0 Å². The van der Waals surface area contributed by atoms with Crippen LogP contribution in [0.2, 0.25) is 0 Å². The van der Waals surface area contributed by atoms with E-state index in [9.17, 15) is 4.79 Å². The quantitative estimate of drug-likeness (QED) is 0.598. The number of hydrogen-bond acceptors (Lipinski definition) is 2. The molecule has 1 aliphatic rings. The van der Waals surface area contributed by atoms with Crippen LogP contribution in [0.3, 0.4) is 0 Å².